The summed E-state index contributed by atoms with van der Waals surface area (Å²) in [6, 6.07) is 13.5. The van der Waals surface area contributed by atoms with E-state index < -0.39 is 0 Å². The van der Waals surface area contributed by atoms with Crippen molar-refractivity contribution in [2.24, 2.45) is 0 Å². The van der Waals surface area contributed by atoms with Crippen LogP contribution in [0.5, 0.6) is 0 Å². The minimum atomic E-state index is 0.118. The van der Waals surface area contributed by atoms with Gasteiger partial charge in [-0.3, -0.25) is 4.79 Å². The molecule has 86 valence electrons. The highest BCUT2D eigenvalue weighted by Gasteiger charge is 2.12. The molecule has 0 amide bonds. The van der Waals surface area contributed by atoms with Gasteiger partial charge >= 0.3 is 0 Å². The van der Waals surface area contributed by atoms with Crippen LogP contribution in [-0.2, 0) is 0 Å². The fraction of sp³-hybridized carbons (Fsp3) is 0.133. The van der Waals surface area contributed by atoms with Crippen LogP contribution in [0, 0.1) is 13.8 Å². The standard InChI is InChI=1S/C15H16OSi/c1-10-11(2)14(17)9-8-13(10)15(16)12-6-4-3-5-7-12/h3-9H,1-2,17H3. The van der Waals surface area contributed by atoms with Crippen molar-refractivity contribution in [2.45, 2.75) is 13.8 Å². The van der Waals surface area contributed by atoms with Gasteiger partial charge in [-0.05, 0) is 25.0 Å². The Morgan fingerprint density at radius 1 is 0.941 bits per heavy atom. The maximum Gasteiger partial charge on any atom is 0.193 e. The average molecular weight is 240 g/mol. The predicted molar refractivity (Wildman–Crippen MR) is 75.4 cm³/mol. The Kier molecular flexibility index (Phi) is 3.25. The van der Waals surface area contributed by atoms with Gasteiger partial charge in [0.1, 0.15) is 0 Å². The molecular weight excluding hydrogens is 224 g/mol. The van der Waals surface area contributed by atoms with Crippen LogP contribution in [0.25, 0.3) is 0 Å². The summed E-state index contributed by atoms with van der Waals surface area (Å²) in [4.78, 5) is 12.3. The van der Waals surface area contributed by atoms with Crippen LogP contribution in [0.15, 0.2) is 42.5 Å². The summed E-state index contributed by atoms with van der Waals surface area (Å²) in [5, 5.41) is 1.37. The first-order valence-corrected chi connectivity index (χ1v) is 6.78. The Bertz CT molecular complexity index is 559. The van der Waals surface area contributed by atoms with Crippen molar-refractivity contribution < 1.29 is 4.79 Å². The molecule has 0 atom stereocenters. The first-order chi connectivity index (χ1) is 8.11. The van der Waals surface area contributed by atoms with Gasteiger partial charge in [0, 0.05) is 21.4 Å². The third-order valence-electron chi connectivity index (χ3n) is 3.34. The number of carbonyl (C=O) groups excluding carboxylic acids is 1. The molecule has 0 bridgehead atoms. The highest BCUT2D eigenvalue weighted by molar-refractivity contribution is 6.33. The molecule has 2 rings (SSSR count). The van der Waals surface area contributed by atoms with Crippen LogP contribution in [0.4, 0.5) is 0 Å². The highest BCUT2D eigenvalue weighted by atomic mass is 28.1. The molecule has 2 aromatic carbocycles. The summed E-state index contributed by atoms with van der Waals surface area (Å²) in [6.45, 7) is 4.13. The molecule has 0 aliphatic heterocycles. The van der Waals surface area contributed by atoms with Gasteiger partial charge in [-0.1, -0.05) is 47.7 Å². The van der Waals surface area contributed by atoms with Gasteiger partial charge in [-0.2, -0.15) is 0 Å². The van der Waals surface area contributed by atoms with Crippen molar-refractivity contribution in [3.05, 3.63) is 64.7 Å². The topological polar surface area (TPSA) is 17.1 Å². The van der Waals surface area contributed by atoms with Crippen molar-refractivity contribution >= 4 is 21.2 Å². The molecule has 0 N–H and O–H groups in total. The zero-order valence-corrected chi connectivity index (χ0v) is 12.4. The van der Waals surface area contributed by atoms with Crippen molar-refractivity contribution in [1.82, 2.24) is 0 Å². The molecule has 2 heteroatoms. The molecule has 0 aliphatic rings. The van der Waals surface area contributed by atoms with E-state index in [1.807, 2.05) is 43.3 Å². The first-order valence-electron chi connectivity index (χ1n) is 5.78. The Hall–Kier alpha value is -1.67. The molecule has 0 aromatic heterocycles. The Morgan fingerprint density at radius 2 is 1.59 bits per heavy atom. The van der Waals surface area contributed by atoms with Crippen LogP contribution in [0.1, 0.15) is 27.0 Å². The zero-order valence-electron chi connectivity index (χ0n) is 10.4. The number of benzene rings is 2. The summed E-state index contributed by atoms with van der Waals surface area (Å²) >= 11 is 0. The van der Waals surface area contributed by atoms with Gasteiger partial charge in [-0.15, -0.1) is 0 Å². The molecule has 17 heavy (non-hydrogen) atoms. The Balaban J connectivity index is 2.49. The van der Waals surface area contributed by atoms with E-state index in [9.17, 15) is 4.79 Å². The van der Waals surface area contributed by atoms with Crippen molar-refractivity contribution in [3.63, 3.8) is 0 Å². The molecule has 0 aliphatic carbocycles. The smallest absolute Gasteiger partial charge is 0.193 e. The second-order valence-electron chi connectivity index (χ2n) is 4.38. The van der Waals surface area contributed by atoms with Crippen LogP contribution < -0.4 is 5.19 Å². The second kappa shape index (κ2) is 4.68. The second-order valence-corrected chi connectivity index (χ2v) is 5.45. The zero-order chi connectivity index (χ0) is 12.4. The van der Waals surface area contributed by atoms with E-state index in [1.165, 1.54) is 10.8 Å². The van der Waals surface area contributed by atoms with E-state index in [0.717, 1.165) is 26.9 Å². The van der Waals surface area contributed by atoms with E-state index in [1.54, 1.807) is 0 Å². The average Bonchev–Trinajstić information content (AvgIpc) is 2.36. The third kappa shape index (κ3) is 2.22. The van der Waals surface area contributed by atoms with Crippen LogP contribution in [-0.4, -0.2) is 16.0 Å². The fourth-order valence-corrected chi connectivity index (χ4v) is 2.49. The maximum atomic E-state index is 12.3. The lowest BCUT2D eigenvalue weighted by Gasteiger charge is -2.10. The van der Waals surface area contributed by atoms with Gasteiger partial charge in [0.2, 0.25) is 0 Å². The van der Waals surface area contributed by atoms with Crippen LogP contribution in [0.3, 0.4) is 0 Å². The van der Waals surface area contributed by atoms with E-state index in [0.29, 0.717) is 0 Å². The maximum absolute atomic E-state index is 12.3. The molecule has 0 unspecified atom stereocenters. The highest BCUT2D eigenvalue weighted by Crippen LogP contribution is 2.15. The molecule has 2 aromatic rings. The van der Waals surface area contributed by atoms with Gasteiger partial charge in [-0.25, -0.2) is 0 Å². The lowest BCUT2D eigenvalue weighted by atomic mass is 9.96. The molecule has 0 radical (unpaired) electrons. The minimum Gasteiger partial charge on any atom is -0.289 e. The largest absolute Gasteiger partial charge is 0.289 e. The lowest BCUT2D eigenvalue weighted by molar-refractivity contribution is 0.103. The summed E-state index contributed by atoms with van der Waals surface area (Å²) in [7, 11) is 1.03. The van der Waals surface area contributed by atoms with Crippen molar-refractivity contribution in [3.8, 4) is 0 Å². The molecule has 0 heterocycles. The number of rotatable bonds is 2. The van der Waals surface area contributed by atoms with Crippen molar-refractivity contribution in [2.75, 3.05) is 0 Å². The van der Waals surface area contributed by atoms with E-state index in [4.69, 9.17) is 0 Å². The Morgan fingerprint density at radius 3 is 2.24 bits per heavy atom. The molecular formula is C15H16OSi. The monoisotopic (exact) mass is 240 g/mol. The van der Waals surface area contributed by atoms with Gasteiger partial charge in [0.25, 0.3) is 0 Å². The van der Waals surface area contributed by atoms with Crippen LogP contribution in [0.2, 0.25) is 0 Å². The SMILES string of the molecule is Cc1c([SiH3])ccc(C(=O)c2ccccc2)c1C. The number of carbonyl (C=O) groups is 1. The van der Waals surface area contributed by atoms with Gasteiger partial charge in [0.15, 0.2) is 5.78 Å². The molecule has 0 saturated carbocycles. The van der Waals surface area contributed by atoms with Crippen molar-refractivity contribution in [1.29, 1.82) is 0 Å². The van der Waals surface area contributed by atoms with Gasteiger partial charge < -0.3 is 0 Å². The molecule has 0 fully saturated rings. The fourth-order valence-electron chi connectivity index (χ4n) is 1.95. The first kappa shape index (κ1) is 11.8. The van der Waals surface area contributed by atoms with E-state index in [-0.39, 0.29) is 5.78 Å². The minimum absolute atomic E-state index is 0.118. The number of ketones is 1. The summed E-state index contributed by atoms with van der Waals surface area (Å²) < 4.78 is 0. The molecule has 1 nitrogen and oxygen atoms in total. The van der Waals surface area contributed by atoms with Crippen LogP contribution >= 0.6 is 0 Å². The van der Waals surface area contributed by atoms with E-state index >= 15 is 0 Å². The summed E-state index contributed by atoms with van der Waals surface area (Å²) in [5.74, 6) is 0.118. The molecule has 0 spiro atoms. The summed E-state index contributed by atoms with van der Waals surface area (Å²) in [6.07, 6.45) is 0. The number of hydrogen-bond acceptors (Lipinski definition) is 1. The third-order valence-corrected chi connectivity index (χ3v) is 4.42. The van der Waals surface area contributed by atoms with Gasteiger partial charge in [0.05, 0.1) is 0 Å². The predicted octanol–water partition coefficient (Wildman–Crippen LogP) is 1.53. The quantitative estimate of drug-likeness (QED) is 0.575. The number of hydrogen-bond donors (Lipinski definition) is 0. The Labute approximate surface area is 105 Å². The summed E-state index contributed by atoms with van der Waals surface area (Å²) in [5.41, 5.74) is 3.97. The molecule has 0 saturated heterocycles. The normalized spacial score (nSPS) is 10.5. The van der Waals surface area contributed by atoms with E-state index in [2.05, 4.69) is 13.0 Å². The lowest BCUT2D eigenvalue weighted by Crippen LogP contribution is -2.13.